The third kappa shape index (κ3) is 3.79. The number of hydrogen-bond donors (Lipinski definition) is 0. The van der Waals surface area contributed by atoms with Gasteiger partial charge in [-0.25, -0.2) is 9.97 Å². The summed E-state index contributed by atoms with van der Waals surface area (Å²) < 4.78 is 11.4. The van der Waals surface area contributed by atoms with Gasteiger partial charge in [-0.15, -0.1) is 22.7 Å². The van der Waals surface area contributed by atoms with Gasteiger partial charge in [-0.05, 0) is 64.7 Å². The molecule has 0 bridgehead atoms. The van der Waals surface area contributed by atoms with Gasteiger partial charge in [0.25, 0.3) is 0 Å². The third-order valence-electron chi connectivity index (χ3n) is 8.21. The molecule has 0 saturated heterocycles. The van der Waals surface area contributed by atoms with E-state index in [0.29, 0.717) is 22.4 Å². The van der Waals surface area contributed by atoms with Gasteiger partial charge in [0.1, 0.15) is 22.9 Å². The molecule has 4 heterocycles. The Hall–Kier alpha value is -5.42. The summed E-state index contributed by atoms with van der Waals surface area (Å²) in [5.41, 5.74) is 6.98. The molecule has 9 rings (SSSR count). The number of fused-ring (bicyclic) bond motifs is 9. The topological polar surface area (TPSA) is 75.1 Å². The summed E-state index contributed by atoms with van der Waals surface area (Å²) in [5, 5.41) is 15.4. The van der Waals surface area contributed by atoms with Crippen molar-refractivity contribution in [1.29, 1.82) is 5.26 Å². The molecule has 0 fully saturated rings. The lowest BCUT2D eigenvalue weighted by molar-refractivity contribution is 0.664. The second kappa shape index (κ2) is 9.55. The zero-order valence-corrected chi connectivity index (χ0v) is 25.0. The highest BCUT2D eigenvalue weighted by molar-refractivity contribution is 7.26. The van der Waals surface area contributed by atoms with Gasteiger partial charge in [0, 0.05) is 52.8 Å². The monoisotopic (exact) mass is 600 g/mol. The lowest BCUT2D eigenvalue weighted by Gasteiger charge is -2.04. The number of thiophene rings is 2. The Balaban J connectivity index is 1.12. The van der Waals surface area contributed by atoms with Crippen LogP contribution in [0.2, 0.25) is 0 Å². The fourth-order valence-electron chi connectivity index (χ4n) is 6.14. The Morgan fingerprint density at radius 2 is 1.27 bits per heavy atom. The predicted molar refractivity (Wildman–Crippen MR) is 184 cm³/mol. The SMILES string of the molecule is CN=Cc1nc(C#N)nc2c1oc1cc(-c3ccc4c(c3)sc3ccc(-c5ccc6c(c5)sc5ccccc56)cc34)ccc12. The molecule has 0 aliphatic carbocycles. The minimum atomic E-state index is 0.0955. The van der Waals surface area contributed by atoms with Crippen LogP contribution in [0.4, 0.5) is 0 Å². The second-order valence-corrected chi connectivity index (χ2v) is 12.9. The normalized spacial score (nSPS) is 12.1. The first kappa shape index (κ1) is 25.1. The lowest BCUT2D eigenvalue weighted by Crippen LogP contribution is -1.95. The van der Waals surface area contributed by atoms with E-state index in [2.05, 4.69) is 99.9 Å². The molecule has 4 aromatic heterocycles. The van der Waals surface area contributed by atoms with Crippen molar-refractivity contribution in [3.63, 3.8) is 0 Å². The van der Waals surface area contributed by atoms with Crippen LogP contribution in [0.5, 0.6) is 0 Å². The van der Waals surface area contributed by atoms with Crippen LogP contribution in [0.25, 0.3) is 84.7 Å². The molecule has 5 nitrogen and oxygen atoms in total. The minimum absolute atomic E-state index is 0.0955. The molecule has 0 amide bonds. The molecule has 5 aromatic carbocycles. The Labute approximate surface area is 259 Å². The number of benzene rings is 5. The molecule has 9 aromatic rings. The number of hydrogen-bond acceptors (Lipinski definition) is 7. The molecule has 0 unspecified atom stereocenters. The Bertz CT molecular complexity index is 2710. The van der Waals surface area contributed by atoms with Crippen molar-refractivity contribution in [2.75, 3.05) is 7.05 Å². The van der Waals surface area contributed by atoms with E-state index in [4.69, 9.17) is 4.42 Å². The molecule has 0 radical (unpaired) electrons. The highest BCUT2D eigenvalue weighted by Crippen LogP contribution is 2.41. The van der Waals surface area contributed by atoms with Gasteiger partial charge in [-0.3, -0.25) is 4.99 Å². The van der Waals surface area contributed by atoms with Gasteiger partial charge in [0.2, 0.25) is 5.82 Å². The molecule has 0 aliphatic heterocycles. The summed E-state index contributed by atoms with van der Waals surface area (Å²) in [6, 6.07) is 37.1. The summed E-state index contributed by atoms with van der Waals surface area (Å²) in [6.07, 6.45) is 1.59. The molecule has 0 aliphatic rings. The maximum atomic E-state index is 9.42. The molecule has 0 saturated carbocycles. The van der Waals surface area contributed by atoms with Crippen LogP contribution in [-0.2, 0) is 0 Å². The first-order valence-electron chi connectivity index (χ1n) is 14.1. The molecular weight excluding hydrogens is 581 g/mol. The quantitative estimate of drug-likeness (QED) is 0.189. The number of aromatic nitrogens is 2. The molecule has 206 valence electrons. The molecular formula is C37H20N4OS2. The van der Waals surface area contributed by atoms with Crippen molar-refractivity contribution in [2.24, 2.45) is 4.99 Å². The summed E-state index contributed by atoms with van der Waals surface area (Å²) in [7, 11) is 1.66. The Morgan fingerprint density at radius 3 is 2.02 bits per heavy atom. The minimum Gasteiger partial charge on any atom is -0.452 e. The van der Waals surface area contributed by atoms with Crippen LogP contribution in [0.1, 0.15) is 11.5 Å². The van der Waals surface area contributed by atoms with E-state index >= 15 is 0 Å². The number of nitrogens with zero attached hydrogens (tertiary/aromatic N) is 4. The van der Waals surface area contributed by atoms with Gasteiger partial charge in [0.05, 0.1) is 6.21 Å². The van der Waals surface area contributed by atoms with Crippen LogP contribution in [-0.4, -0.2) is 23.2 Å². The van der Waals surface area contributed by atoms with Gasteiger partial charge >= 0.3 is 0 Å². The first-order chi connectivity index (χ1) is 21.7. The van der Waals surface area contributed by atoms with E-state index in [1.165, 1.54) is 51.5 Å². The Kier molecular flexibility index (Phi) is 5.45. The van der Waals surface area contributed by atoms with E-state index in [0.717, 1.165) is 16.5 Å². The van der Waals surface area contributed by atoms with E-state index < -0.39 is 0 Å². The standard InChI is InChI=1S/C37H20N4OS2/c1-39-19-29-37-36(41-35(18-38)40-29)27-12-8-21(15-30(27)42-37)23-7-11-26-28-14-20(9-13-32(28)44-34(26)17-23)22-6-10-25-24-4-2-3-5-31(24)43-33(25)16-22/h2-17,19H,1H3. The largest absolute Gasteiger partial charge is 0.452 e. The number of rotatable bonds is 3. The van der Waals surface area contributed by atoms with Crippen molar-refractivity contribution in [3.8, 4) is 28.3 Å². The van der Waals surface area contributed by atoms with E-state index in [1.54, 1.807) is 13.3 Å². The Morgan fingerprint density at radius 1 is 0.659 bits per heavy atom. The molecule has 0 N–H and O–H groups in total. The van der Waals surface area contributed by atoms with Crippen molar-refractivity contribution in [2.45, 2.75) is 0 Å². The first-order valence-corrected chi connectivity index (χ1v) is 15.7. The maximum Gasteiger partial charge on any atom is 0.233 e. The molecule has 0 atom stereocenters. The van der Waals surface area contributed by atoms with Crippen LogP contribution in [0.3, 0.4) is 0 Å². The summed E-state index contributed by atoms with van der Waals surface area (Å²) >= 11 is 3.67. The fraction of sp³-hybridized carbons (Fsp3) is 0.0270. The fourth-order valence-corrected chi connectivity index (χ4v) is 8.42. The van der Waals surface area contributed by atoms with E-state index in [9.17, 15) is 5.26 Å². The number of nitriles is 1. The average molecular weight is 601 g/mol. The van der Waals surface area contributed by atoms with Crippen LogP contribution < -0.4 is 0 Å². The van der Waals surface area contributed by atoms with Gasteiger partial charge in [0.15, 0.2) is 5.58 Å². The molecule has 7 heteroatoms. The average Bonchev–Trinajstić information content (AvgIpc) is 3.74. The zero-order chi connectivity index (χ0) is 29.4. The van der Waals surface area contributed by atoms with Crippen molar-refractivity contribution >= 4 is 91.3 Å². The van der Waals surface area contributed by atoms with Gasteiger partial charge in [-0.2, -0.15) is 5.26 Å². The van der Waals surface area contributed by atoms with Crippen LogP contribution in [0, 0.1) is 11.3 Å². The molecule has 0 spiro atoms. The van der Waals surface area contributed by atoms with Gasteiger partial charge < -0.3 is 4.42 Å². The molecule has 44 heavy (non-hydrogen) atoms. The summed E-state index contributed by atoms with van der Waals surface area (Å²) in [5.74, 6) is 0.0955. The second-order valence-electron chi connectivity index (χ2n) is 10.8. The highest BCUT2D eigenvalue weighted by Gasteiger charge is 2.16. The maximum absolute atomic E-state index is 9.42. The summed E-state index contributed by atoms with van der Waals surface area (Å²) in [6.45, 7) is 0. The third-order valence-corrected chi connectivity index (χ3v) is 10.5. The van der Waals surface area contributed by atoms with E-state index in [1.807, 2.05) is 40.9 Å². The van der Waals surface area contributed by atoms with Crippen LogP contribution >= 0.6 is 22.7 Å². The predicted octanol–water partition coefficient (Wildman–Crippen LogP) is 10.4. The van der Waals surface area contributed by atoms with Crippen molar-refractivity contribution in [1.82, 2.24) is 9.97 Å². The lowest BCUT2D eigenvalue weighted by atomic mass is 10.00. The van der Waals surface area contributed by atoms with Crippen LogP contribution in [0.15, 0.2) is 106 Å². The van der Waals surface area contributed by atoms with Gasteiger partial charge in [-0.1, -0.05) is 54.6 Å². The van der Waals surface area contributed by atoms with E-state index in [-0.39, 0.29) is 5.82 Å². The highest BCUT2D eigenvalue weighted by atomic mass is 32.1. The van der Waals surface area contributed by atoms with Crippen molar-refractivity contribution < 1.29 is 4.42 Å². The number of furan rings is 1. The number of aliphatic imine (C=N–C) groups is 1. The smallest absolute Gasteiger partial charge is 0.233 e. The zero-order valence-electron chi connectivity index (χ0n) is 23.3. The summed E-state index contributed by atoms with van der Waals surface area (Å²) in [4.78, 5) is 12.8. The van der Waals surface area contributed by atoms with Crippen molar-refractivity contribution in [3.05, 3.63) is 109 Å².